The van der Waals surface area contributed by atoms with E-state index >= 15 is 0 Å². The van der Waals surface area contributed by atoms with Gasteiger partial charge in [0, 0.05) is 11.3 Å². The molecule has 0 aliphatic rings. The third-order valence-electron chi connectivity index (χ3n) is 2.76. The predicted molar refractivity (Wildman–Crippen MR) is 74.3 cm³/mol. The topological polar surface area (TPSA) is 75.1 Å². The Morgan fingerprint density at radius 1 is 1.47 bits per heavy atom. The molecular formula is C13H15N3O2S. The number of anilines is 1. The summed E-state index contributed by atoms with van der Waals surface area (Å²) in [6.45, 7) is 3.59. The lowest BCUT2D eigenvalue weighted by Gasteiger charge is -2.12. The van der Waals surface area contributed by atoms with Crippen molar-refractivity contribution in [2.24, 2.45) is 0 Å². The van der Waals surface area contributed by atoms with Crippen molar-refractivity contribution in [2.75, 3.05) is 5.32 Å². The first-order valence-corrected chi connectivity index (χ1v) is 6.80. The summed E-state index contributed by atoms with van der Waals surface area (Å²) in [5.41, 5.74) is 1.99. The van der Waals surface area contributed by atoms with Gasteiger partial charge in [-0.3, -0.25) is 4.79 Å². The molecule has 0 spiro atoms. The monoisotopic (exact) mass is 277 g/mol. The van der Waals surface area contributed by atoms with Crippen LogP contribution < -0.4 is 5.32 Å². The van der Waals surface area contributed by atoms with Gasteiger partial charge in [0.25, 0.3) is 5.91 Å². The minimum Gasteiger partial charge on any atom is -0.389 e. The minimum atomic E-state index is -0.637. The molecule has 1 amide bonds. The van der Waals surface area contributed by atoms with Gasteiger partial charge in [0.1, 0.15) is 4.88 Å². The number of hydrogen-bond donors (Lipinski definition) is 2. The predicted octanol–water partition coefficient (Wildman–Crippen LogP) is 2.41. The normalized spacial score (nSPS) is 12.2. The second kappa shape index (κ2) is 5.90. The van der Waals surface area contributed by atoms with E-state index in [2.05, 4.69) is 14.9 Å². The van der Waals surface area contributed by atoms with Crippen molar-refractivity contribution in [3.05, 3.63) is 40.4 Å². The van der Waals surface area contributed by atoms with Gasteiger partial charge in [-0.1, -0.05) is 29.6 Å². The second-order valence-electron chi connectivity index (χ2n) is 4.12. The van der Waals surface area contributed by atoms with E-state index in [0.717, 1.165) is 11.5 Å². The fraction of sp³-hybridized carbons (Fsp3) is 0.308. The summed E-state index contributed by atoms with van der Waals surface area (Å²) >= 11 is 1.08. The number of nitrogens with zero attached hydrogens (tertiary/aromatic N) is 2. The van der Waals surface area contributed by atoms with Crippen molar-refractivity contribution in [3.8, 4) is 0 Å². The third kappa shape index (κ3) is 2.97. The molecule has 1 heterocycles. The second-order valence-corrected chi connectivity index (χ2v) is 4.87. The number of carbonyl (C=O) groups excluding carboxylic acids is 1. The fourth-order valence-electron chi connectivity index (χ4n) is 1.77. The molecular weight excluding hydrogens is 262 g/mol. The van der Waals surface area contributed by atoms with Crippen molar-refractivity contribution >= 4 is 23.1 Å². The van der Waals surface area contributed by atoms with Crippen LogP contribution in [0.2, 0.25) is 0 Å². The Balaban J connectivity index is 2.24. The molecule has 19 heavy (non-hydrogen) atoms. The smallest absolute Gasteiger partial charge is 0.269 e. The summed E-state index contributed by atoms with van der Waals surface area (Å²) in [5, 5.41) is 16.4. The first kappa shape index (κ1) is 13.6. The molecule has 100 valence electrons. The van der Waals surface area contributed by atoms with Gasteiger partial charge in [0.05, 0.1) is 11.8 Å². The number of aliphatic hydroxyl groups is 1. The van der Waals surface area contributed by atoms with E-state index in [0.29, 0.717) is 28.2 Å². The number of aromatic nitrogens is 2. The van der Waals surface area contributed by atoms with Crippen LogP contribution in [0, 0.1) is 0 Å². The first-order valence-electron chi connectivity index (χ1n) is 6.03. The number of rotatable bonds is 4. The number of para-hydroxylation sites is 1. The van der Waals surface area contributed by atoms with Crippen LogP contribution in [0.5, 0.6) is 0 Å². The van der Waals surface area contributed by atoms with Gasteiger partial charge in [-0.05, 0) is 30.9 Å². The quantitative estimate of drug-likeness (QED) is 0.900. The molecule has 2 rings (SSSR count). The van der Waals surface area contributed by atoms with E-state index in [-0.39, 0.29) is 5.91 Å². The molecule has 2 N–H and O–H groups in total. The van der Waals surface area contributed by atoms with Gasteiger partial charge >= 0.3 is 0 Å². The number of aryl methyl sites for hydroxylation is 1. The number of carbonyl (C=O) groups is 1. The van der Waals surface area contributed by atoms with Crippen LogP contribution in [0.15, 0.2) is 24.3 Å². The van der Waals surface area contributed by atoms with Gasteiger partial charge in [-0.2, -0.15) is 0 Å². The summed E-state index contributed by atoms with van der Waals surface area (Å²) in [4.78, 5) is 12.7. The van der Waals surface area contributed by atoms with Crippen LogP contribution in [-0.2, 0) is 6.42 Å². The maximum absolute atomic E-state index is 12.2. The number of aliphatic hydroxyl groups excluding tert-OH is 1. The maximum Gasteiger partial charge on any atom is 0.269 e. The molecule has 0 radical (unpaired) electrons. The number of benzene rings is 1. The third-order valence-corrected chi connectivity index (χ3v) is 3.52. The average Bonchev–Trinajstić information content (AvgIpc) is 2.87. The zero-order valence-corrected chi connectivity index (χ0v) is 11.6. The lowest BCUT2D eigenvalue weighted by molar-refractivity contribution is 0.102. The Bertz CT molecular complexity index is 581. The molecule has 0 aliphatic heterocycles. The van der Waals surface area contributed by atoms with E-state index in [1.807, 2.05) is 19.1 Å². The maximum atomic E-state index is 12.2. The van der Waals surface area contributed by atoms with Crippen LogP contribution in [0.3, 0.4) is 0 Å². The zero-order valence-electron chi connectivity index (χ0n) is 10.8. The van der Waals surface area contributed by atoms with Crippen LogP contribution in [-0.4, -0.2) is 20.6 Å². The van der Waals surface area contributed by atoms with Crippen molar-refractivity contribution in [3.63, 3.8) is 0 Å². The van der Waals surface area contributed by atoms with Crippen LogP contribution in [0.25, 0.3) is 0 Å². The average molecular weight is 277 g/mol. The van der Waals surface area contributed by atoms with Crippen LogP contribution >= 0.6 is 11.5 Å². The Hall–Kier alpha value is -1.79. The van der Waals surface area contributed by atoms with Crippen molar-refractivity contribution in [2.45, 2.75) is 26.4 Å². The molecule has 1 aromatic heterocycles. The lowest BCUT2D eigenvalue weighted by atomic mass is 10.1. The van der Waals surface area contributed by atoms with Gasteiger partial charge in [0.15, 0.2) is 0 Å². The summed E-state index contributed by atoms with van der Waals surface area (Å²) < 4.78 is 3.79. The Labute approximate surface area is 115 Å². The summed E-state index contributed by atoms with van der Waals surface area (Å²) in [6, 6.07) is 7.18. The van der Waals surface area contributed by atoms with E-state index in [1.54, 1.807) is 19.1 Å². The molecule has 1 aromatic carbocycles. The van der Waals surface area contributed by atoms with Gasteiger partial charge < -0.3 is 10.4 Å². The Morgan fingerprint density at radius 2 is 2.21 bits per heavy atom. The summed E-state index contributed by atoms with van der Waals surface area (Å²) in [6.07, 6.45) is 0.0267. The van der Waals surface area contributed by atoms with E-state index < -0.39 is 6.10 Å². The lowest BCUT2D eigenvalue weighted by Crippen LogP contribution is -2.14. The Morgan fingerprint density at radius 3 is 2.89 bits per heavy atom. The highest BCUT2D eigenvalue weighted by Gasteiger charge is 2.17. The molecule has 0 bridgehead atoms. The van der Waals surface area contributed by atoms with E-state index in [1.165, 1.54) is 0 Å². The van der Waals surface area contributed by atoms with Crippen LogP contribution in [0.1, 0.15) is 40.9 Å². The highest BCUT2D eigenvalue weighted by molar-refractivity contribution is 7.08. The summed E-state index contributed by atoms with van der Waals surface area (Å²) in [7, 11) is 0. The molecule has 6 heteroatoms. The van der Waals surface area contributed by atoms with Crippen molar-refractivity contribution in [1.82, 2.24) is 9.59 Å². The SMILES string of the molecule is CCc1nnsc1C(=O)Nc1ccccc1C(C)O. The van der Waals surface area contributed by atoms with Gasteiger partial charge in [0.2, 0.25) is 0 Å². The molecule has 0 saturated carbocycles. The largest absolute Gasteiger partial charge is 0.389 e. The highest BCUT2D eigenvalue weighted by atomic mass is 32.1. The first-order chi connectivity index (χ1) is 9.13. The zero-order chi connectivity index (χ0) is 13.8. The number of nitrogens with one attached hydrogen (secondary N) is 1. The van der Waals surface area contributed by atoms with Gasteiger partial charge in [-0.25, -0.2) is 0 Å². The Kier molecular flexibility index (Phi) is 4.24. The molecule has 2 aromatic rings. The van der Waals surface area contributed by atoms with Crippen LogP contribution in [0.4, 0.5) is 5.69 Å². The van der Waals surface area contributed by atoms with E-state index in [9.17, 15) is 9.90 Å². The molecule has 5 nitrogen and oxygen atoms in total. The molecule has 0 fully saturated rings. The molecule has 1 unspecified atom stereocenters. The van der Waals surface area contributed by atoms with Crippen molar-refractivity contribution < 1.29 is 9.90 Å². The standard InChI is InChI=1S/C13H15N3O2S/c1-3-10-12(19-16-15-10)13(18)14-11-7-5-4-6-9(11)8(2)17/h4-8,17H,3H2,1-2H3,(H,14,18). The number of hydrogen-bond acceptors (Lipinski definition) is 5. The van der Waals surface area contributed by atoms with Gasteiger partial charge in [-0.15, -0.1) is 5.10 Å². The number of amides is 1. The van der Waals surface area contributed by atoms with Crippen molar-refractivity contribution in [1.29, 1.82) is 0 Å². The molecule has 1 atom stereocenters. The summed E-state index contributed by atoms with van der Waals surface area (Å²) in [5.74, 6) is -0.236. The highest BCUT2D eigenvalue weighted by Crippen LogP contribution is 2.23. The minimum absolute atomic E-state index is 0.236. The fourth-order valence-corrected chi connectivity index (χ4v) is 2.41. The molecule has 0 aliphatic carbocycles. The molecule has 0 saturated heterocycles. The van der Waals surface area contributed by atoms with E-state index in [4.69, 9.17) is 0 Å².